The Morgan fingerprint density at radius 2 is 1.53 bits per heavy atom. The number of rotatable bonds is 9. The van der Waals surface area contributed by atoms with E-state index < -0.39 is 0 Å². The summed E-state index contributed by atoms with van der Waals surface area (Å²) in [5, 5.41) is 13.5. The molecule has 1 amide bonds. The number of carbonyl (C=O) groups excluding carboxylic acids is 1. The third-order valence-corrected chi connectivity index (χ3v) is 7.02. The highest BCUT2D eigenvalue weighted by Gasteiger charge is 2.21. The van der Waals surface area contributed by atoms with Crippen molar-refractivity contribution in [3.05, 3.63) is 126 Å². The van der Waals surface area contributed by atoms with Crippen molar-refractivity contribution in [2.24, 2.45) is 0 Å². The number of aromatic nitrogens is 3. The lowest BCUT2D eigenvalue weighted by molar-refractivity contribution is -0.115. The van der Waals surface area contributed by atoms with Gasteiger partial charge in [0.2, 0.25) is 5.91 Å². The largest absolute Gasteiger partial charge is 0.378 e. The van der Waals surface area contributed by atoms with Crippen LogP contribution >= 0.6 is 23.4 Å². The molecule has 5 aromatic rings. The van der Waals surface area contributed by atoms with Gasteiger partial charge in [0.1, 0.15) is 0 Å². The minimum absolute atomic E-state index is 0.0626. The molecule has 1 N–H and O–H groups in total. The summed E-state index contributed by atoms with van der Waals surface area (Å²) >= 11 is 7.67. The van der Waals surface area contributed by atoms with Crippen molar-refractivity contribution in [3.8, 4) is 5.69 Å². The van der Waals surface area contributed by atoms with E-state index >= 15 is 0 Å². The van der Waals surface area contributed by atoms with E-state index in [1.807, 2.05) is 102 Å². The van der Waals surface area contributed by atoms with Crippen LogP contribution in [0.3, 0.4) is 0 Å². The highest BCUT2D eigenvalue weighted by atomic mass is 35.5. The second kappa shape index (κ2) is 12.0. The van der Waals surface area contributed by atoms with Crippen LogP contribution in [0, 0.1) is 6.92 Å². The first-order valence-electron chi connectivity index (χ1n) is 12.1. The number of amides is 1. The Bertz CT molecular complexity index is 1470. The predicted octanol–water partition coefficient (Wildman–Crippen LogP) is 7.30. The summed E-state index contributed by atoms with van der Waals surface area (Å²) in [6.07, 6.45) is 0. The second-order valence-electron chi connectivity index (χ2n) is 8.62. The predicted molar refractivity (Wildman–Crippen MR) is 156 cm³/mol. The molecule has 0 fully saturated rings. The van der Waals surface area contributed by atoms with Gasteiger partial charge >= 0.3 is 0 Å². The lowest BCUT2D eigenvalue weighted by Gasteiger charge is -2.23. The van der Waals surface area contributed by atoms with Crippen LogP contribution in [0.5, 0.6) is 0 Å². The summed E-state index contributed by atoms with van der Waals surface area (Å²) < 4.78 is 1.94. The number of aryl methyl sites for hydroxylation is 1. The highest BCUT2D eigenvalue weighted by molar-refractivity contribution is 7.99. The molecule has 0 bridgehead atoms. The first-order chi connectivity index (χ1) is 18.6. The molecule has 38 heavy (non-hydrogen) atoms. The molecular weight excluding hydrogens is 514 g/mol. The minimum Gasteiger partial charge on any atom is -0.378 e. The summed E-state index contributed by atoms with van der Waals surface area (Å²) in [5.41, 5.74) is 4.64. The zero-order valence-corrected chi connectivity index (χ0v) is 22.4. The Balaban J connectivity index is 1.41. The molecule has 0 spiro atoms. The summed E-state index contributed by atoms with van der Waals surface area (Å²) in [6.45, 7) is 2.51. The molecule has 0 aliphatic heterocycles. The summed E-state index contributed by atoms with van der Waals surface area (Å²) in [6, 6.07) is 35.0. The monoisotopic (exact) mass is 539 g/mol. The second-order valence-corrected chi connectivity index (χ2v) is 10.0. The van der Waals surface area contributed by atoms with Gasteiger partial charge in [-0.25, -0.2) is 0 Å². The van der Waals surface area contributed by atoms with E-state index in [1.54, 1.807) is 4.90 Å². The molecule has 6 nitrogen and oxygen atoms in total. The topological polar surface area (TPSA) is 63.1 Å². The van der Waals surface area contributed by atoms with E-state index in [2.05, 4.69) is 34.6 Å². The molecule has 1 heterocycles. The van der Waals surface area contributed by atoms with Gasteiger partial charge in [0, 0.05) is 22.1 Å². The molecule has 1 aromatic heterocycles. The molecule has 0 saturated carbocycles. The average Bonchev–Trinajstić information content (AvgIpc) is 3.36. The molecule has 190 valence electrons. The Kier molecular flexibility index (Phi) is 8.06. The van der Waals surface area contributed by atoms with E-state index in [4.69, 9.17) is 11.6 Å². The minimum atomic E-state index is -0.0626. The normalized spacial score (nSPS) is 10.8. The van der Waals surface area contributed by atoms with E-state index in [1.165, 1.54) is 17.3 Å². The van der Waals surface area contributed by atoms with Crippen LogP contribution in [0.25, 0.3) is 5.69 Å². The van der Waals surface area contributed by atoms with E-state index in [9.17, 15) is 4.79 Å². The van der Waals surface area contributed by atoms with Gasteiger partial charge in [-0.3, -0.25) is 14.3 Å². The van der Waals surface area contributed by atoms with Gasteiger partial charge in [-0.2, -0.15) is 0 Å². The number of hydrogen-bond acceptors (Lipinski definition) is 5. The average molecular weight is 540 g/mol. The number of carbonyl (C=O) groups is 1. The number of nitrogens with zero attached hydrogens (tertiary/aromatic N) is 4. The van der Waals surface area contributed by atoms with Crippen molar-refractivity contribution in [1.29, 1.82) is 0 Å². The number of nitrogens with one attached hydrogen (secondary N) is 1. The summed E-state index contributed by atoms with van der Waals surface area (Å²) in [5.74, 6) is 0.826. The third-order valence-electron chi connectivity index (χ3n) is 5.87. The van der Waals surface area contributed by atoms with E-state index in [-0.39, 0.29) is 11.7 Å². The van der Waals surface area contributed by atoms with Crippen LogP contribution < -0.4 is 10.2 Å². The van der Waals surface area contributed by atoms with E-state index in [0.29, 0.717) is 22.5 Å². The molecule has 0 unspecified atom stereocenters. The molecule has 5 rings (SSSR count). The maximum absolute atomic E-state index is 13.6. The van der Waals surface area contributed by atoms with Gasteiger partial charge in [0.15, 0.2) is 11.0 Å². The van der Waals surface area contributed by atoms with Gasteiger partial charge in [0.05, 0.1) is 18.0 Å². The SMILES string of the molecule is Cc1ccc(NCc2nnc(SCC(=O)N(c3ccccc3)c3ccccc3)n2-c2cccc(Cl)c2)cc1. The zero-order valence-electron chi connectivity index (χ0n) is 20.8. The Morgan fingerprint density at radius 1 is 0.868 bits per heavy atom. The first kappa shape index (κ1) is 25.6. The van der Waals surface area contributed by atoms with Gasteiger partial charge in [-0.15, -0.1) is 10.2 Å². The van der Waals surface area contributed by atoms with Crippen LogP contribution in [0.2, 0.25) is 5.02 Å². The Hall–Kier alpha value is -4.07. The molecular formula is C30H26ClN5OS. The summed E-state index contributed by atoms with van der Waals surface area (Å²) in [4.78, 5) is 15.3. The number of halogens is 1. The number of para-hydroxylation sites is 2. The van der Waals surface area contributed by atoms with Gasteiger partial charge in [0.25, 0.3) is 0 Å². The van der Waals surface area contributed by atoms with Crippen molar-refractivity contribution < 1.29 is 4.79 Å². The molecule has 0 saturated heterocycles. The lowest BCUT2D eigenvalue weighted by atomic mass is 10.2. The number of anilines is 3. The van der Waals surface area contributed by atoms with Crippen molar-refractivity contribution in [3.63, 3.8) is 0 Å². The van der Waals surface area contributed by atoms with Crippen LogP contribution in [0.4, 0.5) is 17.1 Å². The number of hydrogen-bond donors (Lipinski definition) is 1. The van der Waals surface area contributed by atoms with Crippen molar-refractivity contribution in [2.45, 2.75) is 18.6 Å². The van der Waals surface area contributed by atoms with Crippen molar-refractivity contribution in [1.82, 2.24) is 14.8 Å². The number of thioether (sulfide) groups is 1. The first-order valence-corrected chi connectivity index (χ1v) is 13.5. The fourth-order valence-corrected chi connectivity index (χ4v) is 5.02. The quantitative estimate of drug-likeness (QED) is 0.199. The Morgan fingerprint density at radius 3 is 2.16 bits per heavy atom. The fourth-order valence-electron chi connectivity index (χ4n) is 4.02. The number of benzene rings is 4. The highest BCUT2D eigenvalue weighted by Crippen LogP contribution is 2.29. The molecule has 4 aromatic carbocycles. The Labute approximate surface area is 231 Å². The molecule has 0 atom stereocenters. The van der Waals surface area contributed by atoms with Gasteiger partial charge in [-0.05, 0) is 61.5 Å². The smallest absolute Gasteiger partial charge is 0.242 e. The zero-order chi connectivity index (χ0) is 26.3. The maximum Gasteiger partial charge on any atom is 0.242 e. The maximum atomic E-state index is 13.6. The molecule has 0 radical (unpaired) electrons. The lowest BCUT2D eigenvalue weighted by Crippen LogP contribution is -2.27. The van der Waals surface area contributed by atoms with Crippen LogP contribution in [-0.2, 0) is 11.3 Å². The van der Waals surface area contributed by atoms with Gasteiger partial charge in [-0.1, -0.05) is 83.5 Å². The third kappa shape index (κ3) is 6.07. The van der Waals surface area contributed by atoms with Crippen molar-refractivity contribution >= 4 is 46.3 Å². The van der Waals surface area contributed by atoms with E-state index in [0.717, 1.165) is 22.7 Å². The van der Waals surface area contributed by atoms with Crippen molar-refractivity contribution in [2.75, 3.05) is 16.0 Å². The van der Waals surface area contributed by atoms with Crippen LogP contribution in [0.15, 0.2) is 114 Å². The summed E-state index contributed by atoms with van der Waals surface area (Å²) in [7, 11) is 0. The van der Waals surface area contributed by atoms with Crippen LogP contribution in [0.1, 0.15) is 11.4 Å². The van der Waals surface area contributed by atoms with Gasteiger partial charge < -0.3 is 5.32 Å². The fraction of sp³-hybridized carbons (Fsp3) is 0.100. The van der Waals surface area contributed by atoms with Crippen LogP contribution in [-0.4, -0.2) is 26.4 Å². The molecule has 0 aliphatic rings. The standard InChI is InChI=1S/C30H26ClN5OS/c1-22-15-17-24(18-16-22)32-20-28-33-34-30(36(28)27-14-8-9-23(31)19-27)38-21-29(37)35(25-10-4-2-5-11-25)26-12-6-3-7-13-26/h2-19,32H,20-21H2,1H3. The molecule has 8 heteroatoms. The molecule has 0 aliphatic carbocycles.